The SMILES string of the molecule is CC(C)CCN1C(=O)C(C)(O)C=CC1O. The summed E-state index contributed by atoms with van der Waals surface area (Å²) in [5.41, 5.74) is -1.48. The predicted octanol–water partition coefficient (Wildman–Crippen LogP) is 0.500. The maximum Gasteiger partial charge on any atom is 0.260 e. The first kappa shape index (κ1) is 12.2. The Morgan fingerprint density at radius 1 is 1.60 bits per heavy atom. The van der Waals surface area contributed by atoms with Crippen LogP contribution in [0.4, 0.5) is 0 Å². The highest BCUT2D eigenvalue weighted by Crippen LogP contribution is 2.20. The van der Waals surface area contributed by atoms with Crippen molar-refractivity contribution in [3.8, 4) is 0 Å². The number of amides is 1. The number of carbonyl (C=O) groups excluding carboxylic acids is 1. The molecule has 4 heteroatoms. The van der Waals surface area contributed by atoms with Crippen LogP contribution >= 0.6 is 0 Å². The van der Waals surface area contributed by atoms with E-state index in [2.05, 4.69) is 13.8 Å². The molecule has 0 aromatic carbocycles. The maximum atomic E-state index is 11.7. The zero-order valence-electron chi connectivity index (χ0n) is 9.47. The first-order chi connectivity index (χ1) is 6.84. The summed E-state index contributed by atoms with van der Waals surface area (Å²) in [5.74, 6) is 0.0269. The van der Waals surface area contributed by atoms with Gasteiger partial charge in [0.25, 0.3) is 5.91 Å². The highest BCUT2D eigenvalue weighted by molar-refractivity contribution is 5.88. The Morgan fingerprint density at radius 3 is 2.73 bits per heavy atom. The highest BCUT2D eigenvalue weighted by atomic mass is 16.3. The van der Waals surface area contributed by atoms with Gasteiger partial charge in [-0.3, -0.25) is 4.79 Å². The lowest BCUT2D eigenvalue weighted by molar-refractivity contribution is -0.155. The van der Waals surface area contributed by atoms with Crippen LogP contribution in [0.3, 0.4) is 0 Å². The molecule has 0 radical (unpaired) electrons. The Morgan fingerprint density at radius 2 is 2.20 bits per heavy atom. The summed E-state index contributed by atoms with van der Waals surface area (Å²) in [6.07, 6.45) is 2.69. The summed E-state index contributed by atoms with van der Waals surface area (Å²) in [5, 5.41) is 19.3. The van der Waals surface area contributed by atoms with Crippen molar-refractivity contribution in [2.45, 2.75) is 39.0 Å². The molecule has 0 aliphatic carbocycles. The van der Waals surface area contributed by atoms with Crippen LogP contribution in [0.1, 0.15) is 27.2 Å². The van der Waals surface area contributed by atoms with Gasteiger partial charge < -0.3 is 15.1 Å². The molecule has 0 saturated heterocycles. The molecule has 15 heavy (non-hydrogen) atoms. The Hall–Kier alpha value is -0.870. The molecule has 0 fully saturated rings. The first-order valence-corrected chi connectivity index (χ1v) is 5.25. The Labute approximate surface area is 90.2 Å². The van der Waals surface area contributed by atoms with Crippen molar-refractivity contribution in [3.05, 3.63) is 12.2 Å². The Bertz CT molecular complexity index is 271. The van der Waals surface area contributed by atoms with Gasteiger partial charge in [-0.2, -0.15) is 0 Å². The van der Waals surface area contributed by atoms with E-state index < -0.39 is 17.7 Å². The van der Waals surface area contributed by atoms with Crippen LogP contribution in [0.5, 0.6) is 0 Å². The van der Waals surface area contributed by atoms with Crippen molar-refractivity contribution in [1.82, 2.24) is 4.90 Å². The number of aliphatic hydroxyl groups excluding tert-OH is 1. The minimum Gasteiger partial charge on any atom is -0.376 e. The van der Waals surface area contributed by atoms with Crippen molar-refractivity contribution in [3.63, 3.8) is 0 Å². The molecular formula is C11H19NO3. The average molecular weight is 213 g/mol. The van der Waals surface area contributed by atoms with Gasteiger partial charge in [0.2, 0.25) is 0 Å². The van der Waals surface area contributed by atoms with Gasteiger partial charge in [-0.15, -0.1) is 0 Å². The van der Waals surface area contributed by atoms with Crippen molar-refractivity contribution in [2.75, 3.05) is 6.54 Å². The van der Waals surface area contributed by atoms with E-state index in [9.17, 15) is 15.0 Å². The van der Waals surface area contributed by atoms with Crippen LogP contribution in [0.25, 0.3) is 0 Å². The number of nitrogens with zero attached hydrogens (tertiary/aromatic N) is 1. The molecule has 0 saturated carbocycles. The molecule has 2 N–H and O–H groups in total. The van der Waals surface area contributed by atoms with Crippen LogP contribution < -0.4 is 0 Å². The van der Waals surface area contributed by atoms with Crippen molar-refractivity contribution < 1.29 is 15.0 Å². The number of rotatable bonds is 3. The average Bonchev–Trinajstić information content (AvgIpc) is 2.12. The molecule has 0 aromatic heterocycles. The van der Waals surface area contributed by atoms with Crippen molar-refractivity contribution in [2.24, 2.45) is 5.92 Å². The second-order valence-electron chi connectivity index (χ2n) is 4.60. The molecule has 1 heterocycles. The summed E-state index contributed by atoms with van der Waals surface area (Å²) >= 11 is 0. The molecule has 0 spiro atoms. The Balaban J connectivity index is 2.71. The molecule has 1 rings (SSSR count). The lowest BCUT2D eigenvalue weighted by Gasteiger charge is -2.35. The van der Waals surface area contributed by atoms with Crippen molar-refractivity contribution in [1.29, 1.82) is 0 Å². The summed E-state index contributed by atoms with van der Waals surface area (Å²) in [7, 11) is 0. The number of carbonyl (C=O) groups is 1. The number of aliphatic hydroxyl groups is 2. The van der Waals surface area contributed by atoms with Gasteiger partial charge in [-0.1, -0.05) is 13.8 Å². The van der Waals surface area contributed by atoms with E-state index in [0.717, 1.165) is 6.42 Å². The van der Waals surface area contributed by atoms with E-state index in [1.54, 1.807) is 0 Å². The lowest BCUT2D eigenvalue weighted by Crippen LogP contribution is -2.53. The minimum atomic E-state index is -1.48. The van der Waals surface area contributed by atoms with Gasteiger partial charge in [0.05, 0.1) is 0 Å². The number of hydrogen-bond donors (Lipinski definition) is 2. The van der Waals surface area contributed by atoms with Crippen LogP contribution in [0.15, 0.2) is 12.2 Å². The predicted molar refractivity (Wildman–Crippen MR) is 56.9 cm³/mol. The van der Waals surface area contributed by atoms with Gasteiger partial charge in [0, 0.05) is 6.54 Å². The molecule has 2 atom stereocenters. The fraction of sp³-hybridized carbons (Fsp3) is 0.727. The third-order valence-corrected chi connectivity index (χ3v) is 2.55. The zero-order valence-corrected chi connectivity index (χ0v) is 9.47. The monoisotopic (exact) mass is 213 g/mol. The zero-order chi connectivity index (χ0) is 11.6. The molecule has 86 valence electrons. The summed E-state index contributed by atoms with van der Waals surface area (Å²) in [6, 6.07) is 0. The smallest absolute Gasteiger partial charge is 0.260 e. The van der Waals surface area contributed by atoms with Crippen LogP contribution in [-0.4, -0.2) is 39.4 Å². The number of hydrogen-bond acceptors (Lipinski definition) is 3. The topological polar surface area (TPSA) is 60.8 Å². The second kappa shape index (κ2) is 4.33. The summed E-state index contributed by atoms with van der Waals surface area (Å²) in [4.78, 5) is 13.0. The van der Waals surface area contributed by atoms with Gasteiger partial charge in [-0.25, -0.2) is 0 Å². The molecule has 1 amide bonds. The molecule has 0 bridgehead atoms. The van der Waals surface area contributed by atoms with Gasteiger partial charge in [-0.05, 0) is 31.4 Å². The molecule has 1 aliphatic rings. The standard InChI is InChI=1S/C11H19NO3/c1-8(2)5-7-12-9(13)4-6-11(3,15)10(12)14/h4,6,8-9,13,15H,5,7H2,1-3H3. The van der Waals surface area contributed by atoms with Crippen molar-refractivity contribution >= 4 is 5.91 Å². The Kier molecular flexibility index (Phi) is 3.52. The van der Waals surface area contributed by atoms with Gasteiger partial charge in [0.1, 0.15) is 6.23 Å². The first-order valence-electron chi connectivity index (χ1n) is 5.25. The molecule has 1 aliphatic heterocycles. The van der Waals surface area contributed by atoms with Gasteiger partial charge in [0.15, 0.2) is 5.60 Å². The largest absolute Gasteiger partial charge is 0.376 e. The van der Waals surface area contributed by atoms with Crippen LogP contribution in [-0.2, 0) is 4.79 Å². The van der Waals surface area contributed by atoms with E-state index in [1.165, 1.54) is 24.0 Å². The van der Waals surface area contributed by atoms with Crippen LogP contribution in [0, 0.1) is 5.92 Å². The molecule has 2 unspecified atom stereocenters. The van der Waals surface area contributed by atoms with E-state index >= 15 is 0 Å². The minimum absolute atomic E-state index is 0.432. The van der Waals surface area contributed by atoms with E-state index in [-0.39, 0.29) is 0 Å². The van der Waals surface area contributed by atoms with E-state index in [1.807, 2.05) is 0 Å². The lowest BCUT2D eigenvalue weighted by atomic mass is 9.99. The normalized spacial score (nSPS) is 31.5. The third kappa shape index (κ3) is 2.79. The fourth-order valence-electron chi connectivity index (χ4n) is 1.49. The summed E-state index contributed by atoms with van der Waals surface area (Å²) in [6.45, 7) is 6.00. The van der Waals surface area contributed by atoms with E-state index in [4.69, 9.17) is 0 Å². The van der Waals surface area contributed by atoms with Gasteiger partial charge >= 0.3 is 0 Å². The molecule has 4 nitrogen and oxygen atoms in total. The highest BCUT2D eigenvalue weighted by Gasteiger charge is 2.37. The van der Waals surface area contributed by atoms with E-state index in [0.29, 0.717) is 12.5 Å². The summed E-state index contributed by atoms with van der Waals surface area (Å²) < 4.78 is 0. The fourth-order valence-corrected chi connectivity index (χ4v) is 1.49. The van der Waals surface area contributed by atoms with Crippen LogP contribution in [0.2, 0.25) is 0 Å². The maximum absolute atomic E-state index is 11.7. The molecular weight excluding hydrogens is 194 g/mol. The molecule has 0 aromatic rings. The second-order valence-corrected chi connectivity index (χ2v) is 4.60. The third-order valence-electron chi connectivity index (χ3n) is 2.55. The quantitative estimate of drug-likeness (QED) is 0.671.